The molecular weight excluding hydrogens is 315 g/mol. The lowest BCUT2D eigenvalue weighted by atomic mass is 10.1. The molecule has 1 N–H and O–H groups in total. The highest BCUT2D eigenvalue weighted by atomic mass is 35.5. The first-order chi connectivity index (χ1) is 9.58. The smallest absolute Gasteiger partial charge is 0.0998 e. The molecule has 0 amide bonds. The summed E-state index contributed by atoms with van der Waals surface area (Å²) in [6.07, 6.45) is 3.50. The molecule has 0 aliphatic carbocycles. The molecule has 2 aromatic carbocycles. The zero-order valence-corrected chi connectivity index (χ0v) is 12.5. The summed E-state index contributed by atoms with van der Waals surface area (Å²) < 4.78 is 0. The largest absolute Gasteiger partial charge is 0.362 e. The van der Waals surface area contributed by atoms with Gasteiger partial charge in [-0.05, 0) is 42.0 Å². The molecule has 0 fully saturated rings. The van der Waals surface area contributed by atoms with Gasteiger partial charge in [0.15, 0.2) is 0 Å². The van der Waals surface area contributed by atoms with Crippen LogP contribution in [0.5, 0.6) is 0 Å². The van der Waals surface area contributed by atoms with Gasteiger partial charge >= 0.3 is 0 Å². The van der Waals surface area contributed by atoms with E-state index in [1.54, 1.807) is 48.7 Å². The van der Waals surface area contributed by atoms with Gasteiger partial charge in [0.1, 0.15) is 0 Å². The molecule has 2 aromatic rings. The minimum absolute atomic E-state index is 0.514. The van der Waals surface area contributed by atoms with E-state index >= 15 is 0 Å². The van der Waals surface area contributed by atoms with E-state index in [0.29, 0.717) is 20.6 Å². The molecule has 5 heteroatoms. The Morgan fingerprint density at radius 3 is 2.30 bits per heavy atom. The lowest BCUT2D eigenvalue weighted by molar-refractivity contribution is 1.47. The summed E-state index contributed by atoms with van der Waals surface area (Å²) in [5, 5.41) is 13.7. The van der Waals surface area contributed by atoms with Gasteiger partial charge in [0.25, 0.3) is 0 Å². The Balaban J connectivity index is 2.16. The Morgan fingerprint density at radius 2 is 1.65 bits per heavy atom. The van der Waals surface area contributed by atoms with Gasteiger partial charge in [-0.15, -0.1) is 0 Å². The third-order valence-electron chi connectivity index (χ3n) is 2.51. The van der Waals surface area contributed by atoms with Gasteiger partial charge in [-0.2, -0.15) is 5.26 Å². The van der Waals surface area contributed by atoms with E-state index in [1.165, 1.54) is 0 Å². The fourth-order valence-corrected chi connectivity index (χ4v) is 2.33. The Kier molecular flexibility index (Phi) is 4.92. The number of nitriles is 1. The predicted molar refractivity (Wildman–Crippen MR) is 85.3 cm³/mol. The van der Waals surface area contributed by atoms with Crippen LogP contribution in [0.1, 0.15) is 11.1 Å². The van der Waals surface area contributed by atoms with Gasteiger partial charge < -0.3 is 5.32 Å². The average Bonchev–Trinajstić information content (AvgIpc) is 2.39. The molecule has 0 atom stereocenters. The van der Waals surface area contributed by atoms with Gasteiger partial charge in [-0.3, -0.25) is 0 Å². The van der Waals surface area contributed by atoms with Crippen molar-refractivity contribution in [3.05, 3.63) is 68.8 Å². The monoisotopic (exact) mass is 322 g/mol. The number of nitrogens with one attached hydrogen (secondary N) is 1. The highest BCUT2D eigenvalue weighted by Gasteiger charge is 2.00. The summed E-state index contributed by atoms with van der Waals surface area (Å²) in [6.45, 7) is 0. The number of halogens is 3. The fraction of sp³-hybridized carbons (Fsp3) is 0. The van der Waals surface area contributed by atoms with E-state index in [-0.39, 0.29) is 0 Å². The zero-order chi connectivity index (χ0) is 14.5. The van der Waals surface area contributed by atoms with Gasteiger partial charge in [-0.1, -0.05) is 40.9 Å². The molecule has 2 rings (SSSR count). The molecule has 0 saturated carbocycles. The maximum absolute atomic E-state index is 9.03. The van der Waals surface area contributed by atoms with Crippen molar-refractivity contribution in [1.82, 2.24) is 0 Å². The van der Waals surface area contributed by atoms with Crippen molar-refractivity contribution in [2.45, 2.75) is 0 Å². The van der Waals surface area contributed by atoms with Gasteiger partial charge in [0, 0.05) is 27.0 Å². The van der Waals surface area contributed by atoms with Crippen molar-refractivity contribution in [2.24, 2.45) is 0 Å². The van der Waals surface area contributed by atoms with Crippen molar-refractivity contribution in [3.63, 3.8) is 0 Å². The summed E-state index contributed by atoms with van der Waals surface area (Å²) in [6, 6.07) is 12.4. The van der Waals surface area contributed by atoms with Crippen LogP contribution in [-0.4, -0.2) is 0 Å². The Labute approximate surface area is 132 Å². The maximum Gasteiger partial charge on any atom is 0.0998 e. The molecule has 0 saturated heterocycles. The van der Waals surface area contributed by atoms with Gasteiger partial charge in [-0.25, -0.2) is 0 Å². The van der Waals surface area contributed by atoms with E-state index in [1.807, 2.05) is 0 Å². The van der Waals surface area contributed by atoms with E-state index in [4.69, 9.17) is 40.1 Å². The summed E-state index contributed by atoms with van der Waals surface area (Å²) in [5.74, 6) is 0. The first-order valence-electron chi connectivity index (χ1n) is 5.67. The molecule has 0 aliphatic heterocycles. The van der Waals surface area contributed by atoms with E-state index in [0.717, 1.165) is 11.3 Å². The minimum Gasteiger partial charge on any atom is -0.362 e. The molecule has 0 spiro atoms. The van der Waals surface area contributed by atoms with Crippen LogP contribution in [0, 0.1) is 11.3 Å². The maximum atomic E-state index is 9.03. The zero-order valence-electron chi connectivity index (χ0n) is 10.2. The van der Waals surface area contributed by atoms with E-state index < -0.39 is 0 Å². The quantitative estimate of drug-likeness (QED) is 0.798. The Bertz CT molecular complexity index is 683. The lowest BCUT2D eigenvalue weighted by Crippen LogP contribution is -1.88. The number of nitrogens with zero attached hydrogens (tertiary/aromatic N) is 1. The number of anilines is 1. The summed E-state index contributed by atoms with van der Waals surface area (Å²) in [4.78, 5) is 0. The second kappa shape index (κ2) is 6.67. The van der Waals surface area contributed by atoms with Crippen molar-refractivity contribution >= 4 is 46.6 Å². The lowest BCUT2D eigenvalue weighted by Gasteiger charge is -2.03. The molecule has 2 nitrogen and oxygen atoms in total. The first kappa shape index (κ1) is 14.7. The third kappa shape index (κ3) is 3.91. The molecule has 100 valence electrons. The second-order valence-corrected chi connectivity index (χ2v) is 5.29. The molecular formula is C15H9Cl3N2. The molecule has 0 heterocycles. The Hall–Kier alpha value is -1.66. The summed E-state index contributed by atoms with van der Waals surface area (Å²) >= 11 is 17.6. The van der Waals surface area contributed by atoms with Crippen LogP contribution in [-0.2, 0) is 0 Å². The Morgan fingerprint density at radius 1 is 0.950 bits per heavy atom. The number of benzene rings is 2. The molecule has 20 heavy (non-hydrogen) atoms. The molecule has 0 radical (unpaired) electrons. The fourth-order valence-electron chi connectivity index (χ4n) is 1.64. The summed E-state index contributed by atoms with van der Waals surface area (Å²) in [5.41, 5.74) is 2.06. The predicted octanol–water partition coefficient (Wildman–Crippen LogP) is 5.60. The second-order valence-electron chi connectivity index (χ2n) is 3.98. The number of rotatable bonds is 3. The highest BCUT2D eigenvalue weighted by Crippen LogP contribution is 2.23. The molecule has 0 bridgehead atoms. The van der Waals surface area contributed by atoms with Crippen molar-refractivity contribution in [1.29, 1.82) is 5.26 Å². The highest BCUT2D eigenvalue weighted by molar-refractivity contribution is 6.35. The SMILES string of the molecule is N#Cc1cc(Cl)ccc1C=CNc1cc(Cl)cc(Cl)c1. The number of hydrogen-bond donors (Lipinski definition) is 1. The first-order valence-corrected chi connectivity index (χ1v) is 6.81. The molecule has 0 aliphatic rings. The average molecular weight is 324 g/mol. The van der Waals surface area contributed by atoms with Crippen molar-refractivity contribution < 1.29 is 0 Å². The molecule has 0 unspecified atom stereocenters. The molecule has 0 aromatic heterocycles. The van der Waals surface area contributed by atoms with Crippen molar-refractivity contribution in [2.75, 3.05) is 5.32 Å². The van der Waals surface area contributed by atoms with Crippen LogP contribution in [0.3, 0.4) is 0 Å². The van der Waals surface area contributed by atoms with Gasteiger partial charge in [0.05, 0.1) is 11.6 Å². The minimum atomic E-state index is 0.514. The summed E-state index contributed by atoms with van der Waals surface area (Å²) in [7, 11) is 0. The topological polar surface area (TPSA) is 35.8 Å². The van der Waals surface area contributed by atoms with Crippen LogP contribution >= 0.6 is 34.8 Å². The van der Waals surface area contributed by atoms with Crippen LogP contribution < -0.4 is 5.32 Å². The van der Waals surface area contributed by atoms with Crippen LogP contribution in [0.15, 0.2) is 42.6 Å². The van der Waals surface area contributed by atoms with Crippen LogP contribution in [0.25, 0.3) is 6.08 Å². The van der Waals surface area contributed by atoms with Crippen molar-refractivity contribution in [3.8, 4) is 6.07 Å². The standard InChI is InChI=1S/C15H9Cl3N2/c16-12-2-1-10(11(5-12)9-19)3-4-20-15-7-13(17)6-14(18)8-15/h1-8,20H. The van der Waals surface area contributed by atoms with Crippen LogP contribution in [0.2, 0.25) is 15.1 Å². The van der Waals surface area contributed by atoms with E-state index in [2.05, 4.69) is 11.4 Å². The normalized spacial score (nSPS) is 10.5. The third-order valence-corrected chi connectivity index (χ3v) is 3.18. The van der Waals surface area contributed by atoms with E-state index in [9.17, 15) is 0 Å². The van der Waals surface area contributed by atoms with Crippen LogP contribution in [0.4, 0.5) is 5.69 Å². The van der Waals surface area contributed by atoms with Gasteiger partial charge in [0.2, 0.25) is 0 Å². The number of hydrogen-bond acceptors (Lipinski definition) is 2.